The first kappa shape index (κ1) is 32.3. The smallest absolute Gasteiger partial charge is 0.172 e. The van der Waals surface area contributed by atoms with Crippen molar-refractivity contribution in [2.45, 2.75) is 79.1 Å². The molecule has 0 N–H and O–H groups in total. The Morgan fingerprint density at radius 1 is 0.605 bits per heavy atom. The molecule has 4 rings (SSSR count). The van der Waals surface area contributed by atoms with Crippen LogP contribution in [-0.2, 0) is 17.0 Å². The fourth-order valence-corrected chi connectivity index (χ4v) is 4.63. The number of aromatic nitrogens is 2. The van der Waals surface area contributed by atoms with Crippen molar-refractivity contribution in [2.24, 2.45) is 0 Å². The van der Waals surface area contributed by atoms with E-state index < -0.39 is 17.0 Å². The van der Waals surface area contributed by atoms with Crippen molar-refractivity contribution >= 4 is 18.6 Å². The third-order valence-corrected chi connectivity index (χ3v) is 6.52. The summed E-state index contributed by atoms with van der Waals surface area (Å²) in [5, 5.41) is 11.5. The van der Waals surface area contributed by atoms with E-state index in [-0.39, 0.29) is 5.62 Å². The number of hydrogen-bond donors (Lipinski definition) is 0. The third kappa shape index (κ3) is 8.05. The zero-order valence-electron chi connectivity index (χ0n) is 23.9. The Labute approximate surface area is 246 Å². The summed E-state index contributed by atoms with van der Waals surface area (Å²) in [5.41, 5.74) is 7.46. The molecule has 204 valence electrons. The quantitative estimate of drug-likeness (QED) is 0.159. The monoisotopic (exact) mass is 585 g/mol. The van der Waals surface area contributed by atoms with Gasteiger partial charge in [-0.3, -0.25) is 0 Å². The summed E-state index contributed by atoms with van der Waals surface area (Å²) in [6, 6.07) is 23.0. The molecular weight excluding hydrogens is 545 g/mol. The van der Waals surface area contributed by atoms with E-state index in [4.69, 9.17) is 18.6 Å². The van der Waals surface area contributed by atoms with Crippen molar-refractivity contribution in [3.8, 4) is 11.4 Å². The zero-order valence-corrected chi connectivity index (χ0v) is 27.0. The van der Waals surface area contributed by atoms with Crippen molar-refractivity contribution in [1.82, 2.24) is 9.13 Å². The zero-order chi connectivity index (χ0) is 28.4. The van der Waals surface area contributed by atoms with Crippen LogP contribution in [0.4, 0.5) is 0 Å². The second kappa shape index (κ2) is 15.6. The number of halogens is 2. The molecule has 3 aromatic carbocycles. The largest absolute Gasteiger partial charge is 0.214 e. The Morgan fingerprint density at radius 2 is 0.895 bits per heavy atom. The third-order valence-electron chi connectivity index (χ3n) is 6.52. The van der Waals surface area contributed by atoms with E-state index in [0.717, 1.165) is 11.4 Å². The van der Waals surface area contributed by atoms with Crippen LogP contribution in [0, 0.1) is 0 Å². The fraction of sp³-hybridized carbons (Fsp3) is 0.375. The molecule has 0 saturated carbocycles. The van der Waals surface area contributed by atoms with Gasteiger partial charge in [0.2, 0.25) is 0 Å². The minimum absolute atomic E-state index is 0.250. The molecule has 0 aliphatic rings. The average molecular weight is 586 g/mol. The maximum Gasteiger partial charge on any atom is -0.172 e. The SMILES string of the molecule is CC(C)c1cccc(C(C)C)c1-n1ccn(-c2c(C(C)C)cccc2C(C)C)c1=[N-].[Cl][Ti][Cl].c1cc[cH-]c1. The summed E-state index contributed by atoms with van der Waals surface area (Å²) in [7, 11) is 9.78. The molecule has 0 radical (unpaired) electrons. The molecule has 1 heterocycles. The Kier molecular flexibility index (Phi) is 13.3. The number of hydrogen-bond acceptors (Lipinski definition) is 0. The van der Waals surface area contributed by atoms with Crippen LogP contribution in [0.2, 0.25) is 0 Å². The summed E-state index contributed by atoms with van der Waals surface area (Å²) in [6.07, 6.45) is 4.01. The van der Waals surface area contributed by atoms with E-state index in [1.807, 2.05) is 51.9 Å². The summed E-state index contributed by atoms with van der Waals surface area (Å²) >= 11 is -0.556. The Balaban J connectivity index is 0.000000547. The molecule has 38 heavy (non-hydrogen) atoms. The molecule has 0 aliphatic heterocycles. The van der Waals surface area contributed by atoms with Crippen molar-refractivity contribution < 1.29 is 17.0 Å². The van der Waals surface area contributed by atoms with Crippen molar-refractivity contribution in [2.75, 3.05) is 0 Å². The molecule has 0 atom stereocenters. The standard InChI is InChI=1S/C27H36N3.C5H5.2ClH.Ti/c1-17(2)21-11-9-12-22(18(3)4)25(21)29-15-16-30(27(29)28)26-23(19(5)6)13-10-14-24(26)20(7)8;1-2-4-5-3-1;;;/h9-20H,1-8H3;1-5H;2*1H;/q2*-1;;;+2/p-2. The van der Waals surface area contributed by atoms with E-state index in [1.165, 1.54) is 22.3 Å². The van der Waals surface area contributed by atoms with Gasteiger partial charge in [-0.2, -0.15) is 18.2 Å². The van der Waals surface area contributed by atoms with Gasteiger partial charge in [-0.1, -0.05) is 91.8 Å². The van der Waals surface area contributed by atoms with Crippen molar-refractivity contribution in [3.05, 3.63) is 112 Å². The molecule has 1 aromatic heterocycles. The van der Waals surface area contributed by atoms with Crippen molar-refractivity contribution in [3.63, 3.8) is 0 Å². The number of benzene rings is 2. The predicted molar refractivity (Wildman–Crippen MR) is 162 cm³/mol. The number of imidazole rings is 1. The van der Waals surface area contributed by atoms with E-state index >= 15 is 0 Å². The summed E-state index contributed by atoms with van der Waals surface area (Å²) in [5.74, 6) is 1.46. The first-order valence-electron chi connectivity index (χ1n) is 13.3. The van der Waals surface area contributed by atoms with Gasteiger partial charge in [0.15, 0.2) is 0 Å². The number of nitrogens with zero attached hydrogens (tertiary/aromatic N) is 3. The average Bonchev–Trinajstić information content (AvgIpc) is 3.57. The normalized spacial score (nSPS) is 10.9. The van der Waals surface area contributed by atoms with Gasteiger partial charge in [0.25, 0.3) is 0 Å². The van der Waals surface area contributed by atoms with E-state index in [1.54, 1.807) is 0 Å². The van der Waals surface area contributed by atoms with Gasteiger partial charge in [-0.25, -0.2) is 12.1 Å². The van der Waals surface area contributed by atoms with Gasteiger partial charge in [-0.15, -0.1) is 0 Å². The van der Waals surface area contributed by atoms with Crippen LogP contribution in [0.5, 0.6) is 0 Å². The van der Waals surface area contributed by atoms with Gasteiger partial charge >= 0.3 is 35.6 Å². The molecule has 0 fully saturated rings. The topological polar surface area (TPSA) is 32.2 Å². The molecule has 6 heteroatoms. The number of rotatable bonds is 6. The van der Waals surface area contributed by atoms with E-state index in [2.05, 4.69) is 91.8 Å². The van der Waals surface area contributed by atoms with E-state index in [0.29, 0.717) is 23.7 Å². The molecule has 3 nitrogen and oxygen atoms in total. The van der Waals surface area contributed by atoms with Gasteiger partial charge in [-0.05, 0) is 69.7 Å². The molecule has 0 bridgehead atoms. The van der Waals surface area contributed by atoms with Crippen LogP contribution in [0.3, 0.4) is 0 Å². The molecular formula is C32H41Cl2N3Ti-2. The summed E-state index contributed by atoms with van der Waals surface area (Å²) in [4.78, 5) is 0. The maximum atomic E-state index is 11.5. The second-order valence-corrected chi connectivity index (χ2v) is 13.1. The maximum absolute atomic E-state index is 11.5. The molecule has 0 amide bonds. The molecule has 0 aliphatic carbocycles. The summed E-state index contributed by atoms with van der Waals surface area (Å²) < 4.78 is 3.93. The Bertz CT molecular complexity index is 1150. The fourth-order valence-electron chi connectivity index (χ4n) is 4.63. The van der Waals surface area contributed by atoms with Crippen LogP contribution in [0.25, 0.3) is 16.8 Å². The van der Waals surface area contributed by atoms with Crippen LogP contribution in [-0.4, -0.2) is 9.13 Å². The first-order chi connectivity index (χ1) is 18.1. The van der Waals surface area contributed by atoms with Crippen LogP contribution in [0.15, 0.2) is 79.1 Å². The molecule has 0 unspecified atom stereocenters. The predicted octanol–water partition coefficient (Wildman–Crippen LogP) is 10.0. The van der Waals surface area contributed by atoms with Gasteiger partial charge in [0.1, 0.15) is 0 Å². The molecule has 4 aromatic rings. The first-order valence-corrected chi connectivity index (χ1v) is 17.6. The minimum Gasteiger partial charge on any atom is -0.214 e. The van der Waals surface area contributed by atoms with Gasteiger partial charge in [0.05, 0.1) is 0 Å². The van der Waals surface area contributed by atoms with Crippen LogP contribution < -0.4 is 5.62 Å². The van der Waals surface area contributed by atoms with Crippen LogP contribution >= 0.6 is 18.6 Å². The second-order valence-electron chi connectivity index (χ2n) is 10.6. The summed E-state index contributed by atoms with van der Waals surface area (Å²) in [6.45, 7) is 17.7. The number of para-hydroxylation sites is 2. The molecule has 0 spiro atoms. The Morgan fingerprint density at radius 3 is 1.11 bits per heavy atom. The van der Waals surface area contributed by atoms with Crippen molar-refractivity contribution in [1.29, 1.82) is 0 Å². The van der Waals surface area contributed by atoms with E-state index in [9.17, 15) is 5.41 Å². The minimum atomic E-state index is -0.556. The molecule has 0 saturated heterocycles. The van der Waals surface area contributed by atoms with Gasteiger partial charge < -0.3 is 14.5 Å². The van der Waals surface area contributed by atoms with Crippen LogP contribution in [0.1, 0.15) is 101 Å². The Hall–Kier alpha value is -1.91. The van der Waals surface area contributed by atoms with Gasteiger partial charge in [0, 0.05) is 5.62 Å².